The Hall–Kier alpha value is -2.12. The molecule has 8 heteroatoms. The summed E-state index contributed by atoms with van der Waals surface area (Å²) in [6, 6.07) is 10.7. The Labute approximate surface area is 183 Å². The fraction of sp³-hybridized carbons (Fsp3) is 0.318. The molecule has 2 heterocycles. The van der Waals surface area contributed by atoms with Gasteiger partial charge in [0.05, 0.1) is 15.8 Å². The highest BCUT2D eigenvalue weighted by Crippen LogP contribution is 2.36. The molecular formula is C22H21ClF3N3S. The summed E-state index contributed by atoms with van der Waals surface area (Å²) in [7, 11) is 0. The Morgan fingerprint density at radius 3 is 2.60 bits per heavy atom. The van der Waals surface area contributed by atoms with Crippen molar-refractivity contribution >= 4 is 40.9 Å². The van der Waals surface area contributed by atoms with E-state index in [1.807, 2.05) is 24.3 Å². The Morgan fingerprint density at radius 1 is 1.17 bits per heavy atom. The highest BCUT2D eigenvalue weighted by Gasteiger charge is 2.30. The predicted molar refractivity (Wildman–Crippen MR) is 117 cm³/mol. The van der Waals surface area contributed by atoms with Gasteiger partial charge in [0.25, 0.3) is 0 Å². The molecule has 0 saturated heterocycles. The predicted octanol–water partition coefficient (Wildman–Crippen LogP) is 7.21. The maximum Gasteiger partial charge on any atom is 0.417 e. The molecule has 1 N–H and O–H groups in total. The van der Waals surface area contributed by atoms with Gasteiger partial charge in [0, 0.05) is 24.1 Å². The molecule has 1 aromatic carbocycles. The number of benzene rings is 1. The minimum absolute atomic E-state index is 0.378. The summed E-state index contributed by atoms with van der Waals surface area (Å²) in [5.74, 6) is 1.32. The van der Waals surface area contributed by atoms with Crippen LogP contribution in [0.1, 0.15) is 36.8 Å². The molecule has 3 nitrogen and oxygen atoms in total. The molecule has 0 spiro atoms. The normalized spacial score (nSPS) is 19.6. The maximum absolute atomic E-state index is 12.7. The fourth-order valence-electron chi connectivity index (χ4n) is 3.73. The molecule has 1 fully saturated rings. The lowest BCUT2D eigenvalue weighted by atomic mass is 9.89. The van der Waals surface area contributed by atoms with E-state index in [1.54, 1.807) is 11.8 Å². The average molecular weight is 452 g/mol. The minimum Gasteiger partial charge on any atom is -0.363 e. The van der Waals surface area contributed by atoms with Crippen LogP contribution in [0, 0.1) is 0 Å². The summed E-state index contributed by atoms with van der Waals surface area (Å²) >= 11 is 7.75. The molecule has 2 aliphatic rings. The van der Waals surface area contributed by atoms with Crippen LogP contribution in [0.25, 0.3) is 6.08 Å². The number of hydrogen-bond acceptors (Lipinski definition) is 4. The maximum atomic E-state index is 12.7. The molecule has 4 rings (SSSR count). The zero-order chi connectivity index (χ0) is 21.1. The molecule has 1 saturated carbocycles. The molecule has 0 radical (unpaired) electrons. The lowest BCUT2D eigenvalue weighted by Gasteiger charge is -2.31. The largest absolute Gasteiger partial charge is 0.417 e. The summed E-state index contributed by atoms with van der Waals surface area (Å²) in [4.78, 5) is 6.21. The van der Waals surface area contributed by atoms with E-state index >= 15 is 0 Å². The average Bonchev–Trinajstić information content (AvgIpc) is 3.15. The number of nitrogens with zero attached hydrogens (tertiary/aromatic N) is 2. The van der Waals surface area contributed by atoms with Crippen molar-refractivity contribution in [3.05, 3.63) is 69.9 Å². The number of alkyl halides is 3. The summed E-state index contributed by atoms with van der Waals surface area (Å²) in [6.45, 7) is 0. The van der Waals surface area contributed by atoms with Gasteiger partial charge in [0.15, 0.2) is 0 Å². The van der Waals surface area contributed by atoms with Gasteiger partial charge in [0.1, 0.15) is 5.82 Å². The standard InChI is InChI=1S/C22H21ClF3N3S/c23-20-13-29(14-30-20)19-7-4-15(5-8-19)10-16-2-1-3-18(11-16)28-21-9-6-17(12-27-21)22(24,25)26/h1-3,6,9-13,19H,4-5,7-8,14H2,(H,27,28). The highest BCUT2D eigenvalue weighted by molar-refractivity contribution is 8.04. The zero-order valence-electron chi connectivity index (χ0n) is 16.1. The van der Waals surface area contributed by atoms with E-state index < -0.39 is 11.7 Å². The van der Waals surface area contributed by atoms with Crippen LogP contribution >= 0.6 is 23.4 Å². The van der Waals surface area contributed by atoms with Crippen molar-refractivity contribution in [3.63, 3.8) is 0 Å². The number of hydrogen-bond donors (Lipinski definition) is 1. The first-order valence-corrected chi connectivity index (χ1v) is 11.1. The lowest BCUT2D eigenvalue weighted by Crippen LogP contribution is -2.30. The van der Waals surface area contributed by atoms with Crippen molar-refractivity contribution in [1.29, 1.82) is 0 Å². The second-order valence-corrected chi connectivity index (χ2v) is 9.05. The second-order valence-electron chi connectivity index (χ2n) is 7.43. The van der Waals surface area contributed by atoms with E-state index in [-0.39, 0.29) is 0 Å². The van der Waals surface area contributed by atoms with Crippen LogP contribution in [-0.2, 0) is 6.18 Å². The van der Waals surface area contributed by atoms with Gasteiger partial charge >= 0.3 is 6.18 Å². The number of rotatable bonds is 4. The van der Waals surface area contributed by atoms with E-state index in [0.717, 1.165) is 59.4 Å². The van der Waals surface area contributed by atoms with E-state index in [2.05, 4.69) is 27.5 Å². The summed E-state index contributed by atoms with van der Waals surface area (Å²) in [6.07, 6.45) is 5.05. The Bertz CT molecular complexity index is 947. The van der Waals surface area contributed by atoms with Gasteiger partial charge < -0.3 is 10.2 Å². The van der Waals surface area contributed by atoms with E-state index in [4.69, 9.17) is 11.6 Å². The molecule has 30 heavy (non-hydrogen) atoms. The first kappa shape index (κ1) is 21.1. The van der Waals surface area contributed by atoms with Crippen LogP contribution < -0.4 is 5.32 Å². The minimum atomic E-state index is -4.38. The Balaban J connectivity index is 1.38. The Kier molecular flexibility index (Phi) is 6.29. The van der Waals surface area contributed by atoms with Gasteiger partial charge in [-0.1, -0.05) is 47.1 Å². The topological polar surface area (TPSA) is 28.2 Å². The third kappa shape index (κ3) is 5.32. The van der Waals surface area contributed by atoms with Crippen LogP contribution in [0.5, 0.6) is 0 Å². The van der Waals surface area contributed by atoms with Gasteiger partial charge in [-0.3, -0.25) is 0 Å². The third-order valence-corrected chi connectivity index (χ3v) is 6.54. The third-order valence-electron chi connectivity index (χ3n) is 5.31. The zero-order valence-corrected chi connectivity index (χ0v) is 17.7. The van der Waals surface area contributed by atoms with E-state index in [1.165, 1.54) is 11.6 Å². The quantitative estimate of drug-likeness (QED) is 0.531. The molecule has 1 aliphatic carbocycles. The molecule has 158 valence electrons. The van der Waals surface area contributed by atoms with Gasteiger partial charge in [-0.25, -0.2) is 4.98 Å². The molecule has 1 aliphatic heterocycles. The van der Waals surface area contributed by atoms with E-state index in [0.29, 0.717) is 11.9 Å². The number of halogens is 4. The second kappa shape index (κ2) is 8.94. The molecule has 0 bridgehead atoms. The number of nitrogens with one attached hydrogen (secondary N) is 1. The number of allylic oxidation sites excluding steroid dienone is 1. The van der Waals surface area contributed by atoms with Crippen LogP contribution in [-0.4, -0.2) is 21.8 Å². The van der Waals surface area contributed by atoms with Crippen molar-refractivity contribution in [2.75, 3.05) is 11.2 Å². The smallest absolute Gasteiger partial charge is 0.363 e. The molecular weight excluding hydrogens is 431 g/mol. The van der Waals surface area contributed by atoms with Crippen LogP contribution in [0.2, 0.25) is 0 Å². The van der Waals surface area contributed by atoms with Crippen LogP contribution in [0.15, 0.2) is 58.7 Å². The number of aromatic nitrogens is 1. The summed E-state index contributed by atoms with van der Waals surface area (Å²) in [5, 5.41) is 3.07. The lowest BCUT2D eigenvalue weighted by molar-refractivity contribution is -0.137. The number of anilines is 2. The van der Waals surface area contributed by atoms with Gasteiger partial charge in [-0.05, 0) is 55.5 Å². The van der Waals surface area contributed by atoms with Crippen molar-refractivity contribution in [1.82, 2.24) is 9.88 Å². The van der Waals surface area contributed by atoms with Crippen LogP contribution in [0.3, 0.4) is 0 Å². The van der Waals surface area contributed by atoms with Crippen molar-refractivity contribution in [2.24, 2.45) is 0 Å². The number of pyridine rings is 1. The molecule has 0 unspecified atom stereocenters. The van der Waals surface area contributed by atoms with Crippen molar-refractivity contribution in [2.45, 2.75) is 37.9 Å². The van der Waals surface area contributed by atoms with Gasteiger partial charge in [-0.2, -0.15) is 13.2 Å². The molecule has 0 amide bonds. The van der Waals surface area contributed by atoms with Crippen LogP contribution in [0.4, 0.5) is 24.7 Å². The SMILES string of the molecule is FC(F)(F)c1ccc(Nc2cccc(C=C3CCC(N4C=C(Cl)SC4)CC3)c2)nc1. The molecule has 2 aromatic rings. The van der Waals surface area contributed by atoms with Crippen molar-refractivity contribution < 1.29 is 13.2 Å². The summed E-state index contributed by atoms with van der Waals surface area (Å²) < 4.78 is 38.9. The molecule has 0 atom stereocenters. The van der Waals surface area contributed by atoms with Crippen molar-refractivity contribution in [3.8, 4) is 0 Å². The molecule has 1 aromatic heterocycles. The van der Waals surface area contributed by atoms with Gasteiger partial charge in [-0.15, -0.1) is 0 Å². The first-order valence-electron chi connectivity index (χ1n) is 9.72. The van der Waals surface area contributed by atoms with Gasteiger partial charge in [0.2, 0.25) is 0 Å². The Morgan fingerprint density at radius 2 is 1.97 bits per heavy atom. The first-order chi connectivity index (χ1) is 14.4. The number of thioether (sulfide) groups is 1. The summed E-state index contributed by atoms with van der Waals surface area (Å²) in [5.41, 5.74) is 2.52. The van der Waals surface area contributed by atoms with E-state index in [9.17, 15) is 13.2 Å². The monoisotopic (exact) mass is 451 g/mol. The fourth-order valence-corrected chi connectivity index (χ4v) is 4.77. The highest BCUT2D eigenvalue weighted by atomic mass is 35.5.